The van der Waals surface area contributed by atoms with Crippen LogP contribution < -0.4 is 0 Å². The molecule has 6 heteroatoms. The molecule has 0 aliphatic carbocycles. The maximum atomic E-state index is 12.9. The summed E-state index contributed by atoms with van der Waals surface area (Å²) in [6, 6.07) is 13.9. The Labute approximate surface area is 162 Å². The number of halogens is 1. The fourth-order valence-electron chi connectivity index (χ4n) is 3.37. The summed E-state index contributed by atoms with van der Waals surface area (Å²) in [4.78, 5) is 23.9. The molecule has 5 nitrogen and oxygen atoms in total. The number of aryl methyl sites for hydroxylation is 1. The van der Waals surface area contributed by atoms with Crippen LogP contribution in [0.3, 0.4) is 0 Å². The highest BCUT2D eigenvalue weighted by Gasteiger charge is 2.26. The van der Waals surface area contributed by atoms with Crippen molar-refractivity contribution in [3.63, 3.8) is 0 Å². The topological polar surface area (TPSA) is 66.3 Å². The molecule has 0 unspecified atom stereocenters. The Balaban J connectivity index is 1.71. The minimum Gasteiger partial charge on any atom is -0.508 e. The molecule has 1 amide bonds. The molecule has 0 radical (unpaired) electrons. The molecule has 1 N–H and O–H groups in total. The van der Waals surface area contributed by atoms with Gasteiger partial charge in [0.25, 0.3) is 5.91 Å². The summed E-state index contributed by atoms with van der Waals surface area (Å²) in [6.07, 6.45) is 0.677. The molecule has 3 aromatic rings. The molecule has 0 bridgehead atoms. The van der Waals surface area contributed by atoms with Crippen LogP contribution in [0.1, 0.15) is 27.4 Å². The molecule has 0 fully saturated rings. The SMILES string of the molecule is Cc1nc2c(c(-c3ccc(O)cc3)n1)CN(C(=O)c1cccc(Cl)c1)CC2. The van der Waals surface area contributed by atoms with Crippen molar-refractivity contribution in [2.45, 2.75) is 19.9 Å². The summed E-state index contributed by atoms with van der Waals surface area (Å²) in [5, 5.41) is 10.1. The van der Waals surface area contributed by atoms with E-state index in [1.165, 1.54) is 0 Å². The van der Waals surface area contributed by atoms with Gasteiger partial charge in [0.15, 0.2) is 0 Å². The maximum Gasteiger partial charge on any atom is 0.254 e. The molecule has 136 valence electrons. The van der Waals surface area contributed by atoms with Gasteiger partial charge in [-0.1, -0.05) is 17.7 Å². The van der Waals surface area contributed by atoms with Gasteiger partial charge in [-0.15, -0.1) is 0 Å². The lowest BCUT2D eigenvalue weighted by atomic mass is 9.98. The lowest BCUT2D eigenvalue weighted by Gasteiger charge is -2.30. The smallest absolute Gasteiger partial charge is 0.254 e. The summed E-state index contributed by atoms with van der Waals surface area (Å²) in [7, 11) is 0. The molecule has 2 heterocycles. The summed E-state index contributed by atoms with van der Waals surface area (Å²) in [6.45, 7) is 2.91. The Morgan fingerprint density at radius 2 is 1.93 bits per heavy atom. The van der Waals surface area contributed by atoms with Gasteiger partial charge in [0.2, 0.25) is 0 Å². The monoisotopic (exact) mass is 379 g/mol. The second kappa shape index (κ2) is 7.00. The number of amides is 1. The second-order valence-electron chi connectivity index (χ2n) is 6.58. The molecule has 1 aliphatic heterocycles. The average Bonchev–Trinajstić information content (AvgIpc) is 2.67. The number of carbonyl (C=O) groups excluding carboxylic acids is 1. The van der Waals surface area contributed by atoms with E-state index < -0.39 is 0 Å². The predicted octanol–water partition coefficient (Wildman–Crippen LogP) is 4.01. The van der Waals surface area contributed by atoms with Gasteiger partial charge in [0.1, 0.15) is 11.6 Å². The summed E-state index contributed by atoms with van der Waals surface area (Å²) in [5.41, 5.74) is 4.20. The largest absolute Gasteiger partial charge is 0.508 e. The van der Waals surface area contributed by atoms with Crippen molar-refractivity contribution in [3.05, 3.63) is 76.2 Å². The number of fused-ring (bicyclic) bond motifs is 1. The molecule has 0 atom stereocenters. The molecule has 1 aromatic heterocycles. The fraction of sp³-hybridized carbons (Fsp3) is 0.190. The maximum absolute atomic E-state index is 12.9. The van der Waals surface area contributed by atoms with Crippen molar-refractivity contribution in [1.29, 1.82) is 0 Å². The van der Waals surface area contributed by atoms with Gasteiger partial charge >= 0.3 is 0 Å². The minimum atomic E-state index is -0.0552. The zero-order chi connectivity index (χ0) is 19.0. The van der Waals surface area contributed by atoms with Crippen LogP contribution in [-0.2, 0) is 13.0 Å². The highest BCUT2D eigenvalue weighted by molar-refractivity contribution is 6.30. The number of phenols is 1. The molecule has 0 saturated carbocycles. The number of nitrogens with zero attached hydrogens (tertiary/aromatic N) is 3. The van der Waals surface area contributed by atoms with Gasteiger partial charge in [0, 0.05) is 41.2 Å². The first-order valence-electron chi connectivity index (χ1n) is 8.72. The number of phenolic OH excluding ortho intramolecular Hbond substituents is 1. The van der Waals surface area contributed by atoms with E-state index in [4.69, 9.17) is 11.6 Å². The number of carbonyl (C=O) groups is 1. The van der Waals surface area contributed by atoms with Crippen molar-refractivity contribution >= 4 is 17.5 Å². The third-order valence-electron chi connectivity index (χ3n) is 4.67. The Hall–Kier alpha value is -2.92. The summed E-state index contributed by atoms with van der Waals surface area (Å²) >= 11 is 6.03. The van der Waals surface area contributed by atoms with E-state index in [0.717, 1.165) is 22.5 Å². The van der Waals surface area contributed by atoms with E-state index in [2.05, 4.69) is 9.97 Å². The first-order valence-corrected chi connectivity index (χ1v) is 9.10. The quantitative estimate of drug-likeness (QED) is 0.730. The Bertz CT molecular complexity index is 1020. The van der Waals surface area contributed by atoms with Crippen LogP contribution in [-0.4, -0.2) is 32.4 Å². The molecule has 0 saturated heterocycles. The molecule has 2 aromatic carbocycles. The Morgan fingerprint density at radius 1 is 1.15 bits per heavy atom. The van der Waals surface area contributed by atoms with Crippen LogP contribution in [0, 0.1) is 6.92 Å². The highest BCUT2D eigenvalue weighted by atomic mass is 35.5. The molecule has 0 spiro atoms. The lowest BCUT2D eigenvalue weighted by Crippen LogP contribution is -2.37. The van der Waals surface area contributed by atoms with Crippen LogP contribution in [0.5, 0.6) is 5.75 Å². The molecule has 1 aliphatic rings. The zero-order valence-corrected chi connectivity index (χ0v) is 15.6. The first-order chi connectivity index (χ1) is 13.0. The minimum absolute atomic E-state index is 0.0552. The average molecular weight is 380 g/mol. The Kier molecular flexibility index (Phi) is 4.54. The number of hydrogen-bond donors (Lipinski definition) is 1. The van der Waals surface area contributed by atoms with Gasteiger partial charge in [-0.05, 0) is 49.4 Å². The zero-order valence-electron chi connectivity index (χ0n) is 14.8. The van der Waals surface area contributed by atoms with E-state index in [1.807, 2.05) is 19.1 Å². The van der Waals surface area contributed by atoms with Crippen molar-refractivity contribution < 1.29 is 9.90 Å². The van der Waals surface area contributed by atoms with E-state index in [-0.39, 0.29) is 11.7 Å². The van der Waals surface area contributed by atoms with Gasteiger partial charge in [-0.25, -0.2) is 9.97 Å². The van der Waals surface area contributed by atoms with E-state index in [0.29, 0.717) is 35.9 Å². The molecular formula is C21H18ClN3O2. The van der Waals surface area contributed by atoms with Crippen molar-refractivity contribution in [1.82, 2.24) is 14.9 Å². The second-order valence-corrected chi connectivity index (χ2v) is 7.02. The predicted molar refractivity (Wildman–Crippen MR) is 104 cm³/mol. The van der Waals surface area contributed by atoms with Crippen LogP contribution in [0.25, 0.3) is 11.3 Å². The number of rotatable bonds is 2. The van der Waals surface area contributed by atoms with Crippen molar-refractivity contribution in [2.75, 3.05) is 6.54 Å². The lowest BCUT2D eigenvalue weighted by molar-refractivity contribution is 0.0733. The van der Waals surface area contributed by atoms with Crippen molar-refractivity contribution in [3.8, 4) is 17.0 Å². The third-order valence-corrected chi connectivity index (χ3v) is 4.91. The number of aromatic hydroxyl groups is 1. The highest BCUT2D eigenvalue weighted by Crippen LogP contribution is 2.30. The Morgan fingerprint density at radius 3 is 2.67 bits per heavy atom. The van der Waals surface area contributed by atoms with E-state index >= 15 is 0 Å². The molecular weight excluding hydrogens is 362 g/mol. The van der Waals surface area contributed by atoms with Crippen LogP contribution in [0.4, 0.5) is 0 Å². The van der Waals surface area contributed by atoms with E-state index in [9.17, 15) is 9.90 Å². The number of hydrogen-bond acceptors (Lipinski definition) is 4. The third kappa shape index (κ3) is 3.51. The number of benzene rings is 2. The van der Waals surface area contributed by atoms with E-state index in [1.54, 1.807) is 41.3 Å². The number of aromatic nitrogens is 2. The van der Waals surface area contributed by atoms with Gasteiger partial charge in [-0.2, -0.15) is 0 Å². The van der Waals surface area contributed by atoms with Crippen molar-refractivity contribution in [2.24, 2.45) is 0 Å². The first kappa shape index (κ1) is 17.5. The summed E-state index contributed by atoms with van der Waals surface area (Å²) < 4.78 is 0. The van der Waals surface area contributed by atoms with Gasteiger partial charge in [-0.3, -0.25) is 4.79 Å². The normalized spacial score (nSPS) is 13.3. The van der Waals surface area contributed by atoms with Gasteiger partial charge < -0.3 is 10.0 Å². The molecule has 4 rings (SSSR count). The van der Waals surface area contributed by atoms with Crippen LogP contribution in [0.2, 0.25) is 5.02 Å². The molecule has 27 heavy (non-hydrogen) atoms. The van der Waals surface area contributed by atoms with Crippen LogP contribution >= 0.6 is 11.6 Å². The standard InChI is InChI=1S/C21H18ClN3O2/c1-13-23-19-9-10-25(21(27)15-3-2-4-16(22)11-15)12-18(19)20(24-13)14-5-7-17(26)8-6-14/h2-8,11,26H,9-10,12H2,1H3. The van der Waals surface area contributed by atoms with Gasteiger partial charge in [0.05, 0.1) is 11.4 Å². The summed E-state index contributed by atoms with van der Waals surface area (Å²) in [5.74, 6) is 0.850. The fourth-order valence-corrected chi connectivity index (χ4v) is 3.56. The van der Waals surface area contributed by atoms with Crippen LogP contribution in [0.15, 0.2) is 48.5 Å².